The number of aryl methyl sites for hydroxylation is 1. The Morgan fingerprint density at radius 1 is 1.00 bits per heavy atom. The summed E-state index contributed by atoms with van der Waals surface area (Å²) in [5, 5.41) is 6.86. The number of nitrogens with one attached hydrogen (secondary N) is 1. The van der Waals surface area contributed by atoms with E-state index in [1.807, 2.05) is 31.2 Å². The minimum Gasteiger partial charge on any atom is -0.380 e. The van der Waals surface area contributed by atoms with Gasteiger partial charge in [0.25, 0.3) is 5.91 Å². The Morgan fingerprint density at radius 3 is 2.58 bits per heavy atom. The first-order valence-electron chi connectivity index (χ1n) is 8.54. The minimum atomic E-state index is -0.464. The van der Waals surface area contributed by atoms with Crippen molar-refractivity contribution in [1.82, 2.24) is 4.98 Å². The molecule has 0 bridgehead atoms. The lowest BCUT2D eigenvalue weighted by Gasteiger charge is -2.13. The predicted octanol–water partition coefficient (Wildman–Crippen LogP) is 4.41. The van der Waals surface area contributed by atoms with E-state index in [0.717, 1.165) is 16.8 Å². The molecule has 4 rings (SSSR count). The molecule has 4 heteroatoms. The lowest BCUT2D eigenvalue weighted by Crippen LogP contribution is -2.12. The molecule has 1 heterocycles. The summed E-state index contributed by atoms with van der Waals surface area (Å²) in [4.78, 5) is 16.2. The molecule has 0 unspecified atom stereocenters. The number of carbonyl (C=O) groups is 1. The first-order valence-corrected chi connectivity index (χ1v) is 8.54. The molecule has 1 aromatic heterocycles. The molecule has 4 aromatic rings. The third kappa shape index (κ3) is 2.86. The van der Waals surface area contributed by atoms with Gasteiger partial charge in [-0.15, -0.1) is 0 Å². The maximum Gasteiger partial charge on any atom is 0.250 e. The van der Waals surface area contributed by atoms with Gasteiger partial charge >= 0.3 is 0 Å². The SMILES string of the molecule is Cc1cc(NCc2cccc3ccccc23)c2cccc(C(N)=O)c2n1. The van der Waals surface area contributed by atoms with E-state index in [1.165, 1.54) is 16.3 Å². The number of fused-ring (bicyclic) bond motifs is 2. The number of carbonyl (C=O) groups excluding carboxylic acids is 1. The maximum absolute atomic E-state index is 11.7. The van der Waals surface area contributed by atoms with Crippen LogP contribution in [-0.2, 0) is 6.54 Å². The predicted molar refractivity (Wildman–Crippen MR) is 106 cm³/mol. The number of nitrogens with two attached hydrogens (primary N) is 1. The van der Waals surface area contributed by atoms with Crippen molar-refractivity contribution in [3.63, 3.8) is 0 Å². The summed E-state index contributed by atoms with van der Waals surface area (Å²) in [5.74, 6) is -0.464. The Morgan fingerprint density at radius 2 is 1.73 bits per heavy atom. The lowest BCUT2D eigenvalue weighted by atomic mass is 10.0. The molecule has 1 amide bonds. The van der Waals surface area contributed by atoms with Crippen molar-refractivity contribution < 1.29 is 4.79 Å². The second kappa shape index (κ2) is 6.48. The number of pyridine rings is 1. The molecule has 26 heavy (non-hydrogen) atoms. The van der Waals surface area contributed by atoms with E-state index >= 15 is 0 Å². The van der Waals surface area contributed by atoms with E-state index in [-0.39, 0.29) is 0 Å². The van der Waals surface area contributed by atoms with Crippen LogP contribution >= 0.6 is 0 Å². The first kappa shape index (κ1) is 16.1. The third-order valence-electron chi connectivity index (χ3n) is 4.58. The fraction of sp³-hybridized carbons (Fsp3) is 0.0909. The molecule has 0 radical (unpaired) electrons. The highest BCUT2D eigenvalue weighted by atomic mass is 16.1. The molecule has 0 spiro atoms. The van der Waals surface area contributed by atoms with Crippen LogP contribution in [0.25, 0.3) is 21.7 Å². The van der Waals surface area contributed by atoms with E-state index in [0.29, 0.717) is 17.6 Å². The largest absolute Gasteiger partial charge is 0.380 e. The van der Waals surface area contributed by atoms with Crippen LogP contribution in [-0.4, -0.2) is 10.9 Å². The summed E-state index contributed by atoms with van der Waals surface area (Å²) < 4.78 is 0. The summed E-state index contributed by atoms with van der Waals surface area (Å²) in [5.41, 5.74) is 9.60. The van der Waals surface area contributed by atoms with Gasteiger partial charge in [0.2, 0.25) is 0 Å². The molecule has 128 valence electrons. The van der Waals surface area contributed by atoms with Crippen LogP contribution in [0.1, 0.15) is 21.6 Å². The topological polar surface area (TPSA) is 68.0 Å². The van der Waals surface area contributed by atoms with Crippen molar-refractivity contribution >= 4 is 33.3 Å². The second-order valence-corrected chi connectivity index (χ2v) is 6.37. The molecule has 0 fully saturated rings. The van der Waals surface area contributed by atoms with Crippen molar-refractivity contribution in [2.24, 2.45) is 5.73 Å². The van der Waals surface area contributed by atoms with Gasteiger partial charge in [0.05, 0.1) is 11.1 Å². The van der Waals surface area contributed by atoms with Crippen LogP contribution in [0.5, 0.6) is 0 Å². The van der Waals surface area contributed by atoms with Gasteiger partial charge in [0.15, 0.2) is 0 Å². The summed E-state index contributed by atoms with van der Waals surface area (Å²) in [7, 11) is 0. The quantitative estimate of drug-likeness (QED) is 0.578. The molecule has 3 aromatic carbocycles. The number of benzene rings is 3. The second-order valence-electron chi connectivity index (χ2n) is 6.37. The van der Waals surface area contributed by atoms with E-state index in [4.69, 9.17) is 5.73 Å². The molecule has 0 saturated carbocycles. The average molecular weight is 341 g/mol. The zero-order valence-electron chi connectivity index (χ0n) is 14.5. The smallest absolute Gasteiger partial charge is 0.250 e. The average Bonchev–Trinajstić information content (AvgIpc) is 2.65. The van der Waals surface area contributed by atoms with Crippen molar-refractivity contribution in [2.75, 3.05) is 5.32 Å². The molecular formula is C22H19N3O. The van der Waals surface area contributed by atoms with Crippen LogP contribution in [0.15, 0.2) is 66.7 Å². The number of nitrogens with zero attached hydrogens (tertiary/aromatic N) is 1. The highest BCUT2D eigenvalue weighted by Gasteiger charge is 2.11. The number of para-hydroxylation sites is 1. The normalized spacial score (nSPS) is 11.0. The molecular weight excluding hydrogens is 322 g/mol. The van der Waals surface area contributed by atoms with E-state index in [1.54, 1.807) is 6.07 Å². The zero-order valence-corrected chi connectivity index (χ0v) is 14.5. The third-order valence-corrected chi connectivity index (χ3v) is 4.58. The Hall–Kier alpha value is -3.40. The summed E-state index contributed by atoms with van der Waals surface area (Å²) in [6, 6.07) is 22.2. The van der Waals surface area contributed by atoms with Gasteiger partial charge in [-0.1, -0.05) is 54.6 Å². The van der Waals surface area contributed by atoms with E-state index in [2.05, 4.69) is 46.7 Å². The summed E-state index contributed by atoms with van der Waals surface area (Å²) >= 11 is 0. The van der Waals surface area contributed by atoms with Crippen molar-refractivity contribution in [3.05, 3.63) is 83.6 Å². The number of hydrogen-bond acceptors (Lipinski definition) is 3. The molecule has 3 N–H and O–H groups in total. The Balaban J connectivity index is 1.76. The van der Waals surface area contributed by atoms with Crippen LogP contribution in [0, 0.1) is 6.92 Å². The standard InChI is InChI=1S/C22H19N3O/c1-14-12-20(18-10-5-11-19(22(23)26)21(18)25-14)24-13-16-8-4-7-15-6-2-3-9-17(15)16/h2-12H,13H2,1H3,(H2,23,26)(H,24,25). The molecule has 0 aliphatic carbocycles. The van der Waals surface area contributed by atoms with Gasteiger partial charge in [0.1, 0.15) is 0 Å². The number of amides is 1. The number of hydrogen-bond donors (Lipinski definition) is 2. The van der Waals surface area contributed by atoms with Crippen LogP contribution in [0.3, 0.4) is 0 Å². The molecule has 4 nitrogen and oxygen atoms in total. The minimum absolute atomic E-state index is 0.444. The molecule has 0 atom stereocenters. The van der Waals surface area contributed by atoms with Crippen LogP contribution in [0.4, 0.5) is 5.69 Å². The van der Waals surface area contributed by atoms with Gasteiger partial charge in [-0.2, -0.15) is 0 Å². The Bertz CT molecular complexity index is 1130. The van der Waals surface area contributed by atoms with Crippen LogP contribution in [0.2, 0.25) is 0 Å². The van der Waals surface area contributed by atoms with Gasteiger partial charge in [0, 0.05) is 23.3 Å². The highest BCUT2D eigenvalue weighted by molar-refractivity contribution is 6.07. The Labute approximate surface area is 151 Å². The van der Waals surface area contributed by atoms with Crippen LogP contribution < -0.4 is 11.1 Å². The van der Waals surface area contributed by atoms with Gasteiger partial charge in [-0.3, -0.25) is 9.78 Å². The number of aromatic nitrogens is 1. The summed E-state index contributed by atoms with van der Waals surface area (Å²) in [6.07, 6.45) is 0. The van der Waals surface area contributed by atoms with E-state index in [9.17, 15) is 4.79 Å². The first-order chi connectivity index (χ1) is 12.6. The van der Waals surface area contributed by atoms with Gasteiger partial charge in [-0.25, -0.2) is 0 Å². The van der Waals surface area contributed by atoms with Crippen molar-refractivity contribution in [3.8, 4) is 0 Å². The fourth-order valence-electron chi connectivity index (χ4n) is 3.36. The van der Waals surface area contributed by atoms with Crippen molar-refractivity contribution in [1.29, 1.82) is 0 Å². The zero-order chi connectivity index (χ0) is 18.1. The Kier molecular flexibility index (Phi) is 4.01. The number of rotatable bonds is 4. The van der Waals surface area contributed by atoms with Crippen molar-refractivity contribution in [2.45, 2.75) is 13.5 Å². The molecule has 0 aliphatic heterocycles. The number of primary amides is 1. The highest BCUT2D eigenvalue weighted by Crippen LogP contribution is 2.27. The maximum atomic E-state index is 11.7. The van der Waals surface area contributed by atoms with Gasteiger partial charge in [-0.05, 0) is 35.4 Å². The van der Waals surface area contributed by atoms with E-state index < -0.39 is 5.91 Å². The van der Waals surface area contributed by atoms with Gasteiger partial charge < -0.3 is 11.1 Å². The monoisotopic (exact) mass is 341 g/mol. The lowest BCUT2D eigenvalue weighted by molar-refractivity contribution is 0.100. The molecule has 0 aliphatic rings. The molecule has 0 saturated heterocycles. The summed E-state index contributed by atoms with van der Waals surface area (Å²) in [6.45, 7) is 2.60. The number of anilines is 1. The fourth-order valence-corrected chi connectivity index (χ4v) is 3.36.